The van der Waals surface area contributed by atoms with E-state index in [4.69, 9.17) is 5.73 Å². The van der Waals surface area contributed by atoms with E-state index in [2.05, 4.69) is 40.2 Å². The molecule has 34 heavy (non-hydrogen) atoms. The minimum absolute atomic E-state index is 0.173. The minimum Gasteiger partial charge on any atom is -0.382 e. The summed E-state index contributed by atoms with van der Waals surface area (Å²) in [4.78, 5) is 6.53. The number of fused-ring (bicyclic) bond motifs is 2. The molecular weight excluding hydrogens is 457 g/mol. The molecule has 0 aromatic heterocycles. The molecule has 0 bridgehead atoms. The number of halogens is 3. The van der Waals surface area contributed by atoms with Crippen LogP contribution in [0.1, 0.15) is 49.3 Å². The van der Waals surface area contributed by atoms with Crippen molar-refractivity contribution in [2.75, 3.05) is 42.9 Å². The van der Waals surface area contributed by atoms with Crippen molar-refractivity contribution in [2.45, 2.75) is 67.1 Å². The Kier molecular flexibility index (Phi) is 6.75. The van der Waals surface area contributed by atoms with Gasteiger partial charge in [-0.15, -0.1) is 0 Å². The lowest BCUT2D eigenvalue weighted by Gasteiger charge is -2.34. The van der Waals surface area contributed by atoms with Crippen LogP contribution in [0, 0.1) is 0 Å². The van der Waals surface area contributed by atoms with Crippen molar-refractivity contribution >= 4 is 23.1 Å². The normalized spacial score (nSPS) is 21.4. The van der Waals surface area contributed by atoms with Crippen LogP contribution in [0.5, 0.6) is 0 Å². The van der Waals surface area contributed by atoms with E-state index < -0.39 is 11.7 Å². The highest BCUT2D eigenvalue weighted by Gasteiger charge is 2.34. The molecule has 3 heterocycles. The lowest BCUT2D eigenvalue weighted by atomic mass is 9.98. The van der Waals surface area contributed by atoms with Crippen LogP contribution in [0.25, 0.3) is 0 Å². The Morgan fingerprint density at radius 2 is 1.85 bits per heavy atom. The summed E-state index contributed by atoms with van der Waals surface area (Å²) in [5.41, 5.74) is 9.08. The number of hydrogen-bond acceptors (Lipinski definition) is 5. The number of nitrogens with two attached hydrogens (primary N) is 1. The average Bonchev–Trinajstić information content (AvgIpc) is 3.24. The van der Waals surface area contributed by atoms with Crippen LogP contribution < -0.4 is 16.0 Å². The van der Waals surface area contributed by atoms with E-state index in [0.717, 1.165) is 54.4 Å². The molecule has 2 aromatic carbocycles. The van der Waals surface area contributed by atoms with Crippen LogP contribution in [-0.2, 0) is 12.6 Å². The summed E-state index contributed by atoms with van der Waals surface area (Å²) in [5, 5.41) is 3.50. The molecule has 3 N–H and O–H groups in total. The zero-order chi connectivity index (χ0) is 23.9. The van der Waals surface area contributed by atoms with E-state index in [1.807, 2.05) is 0 Å². The Morgan fingerprint density at radius 3 is 2.53 bits per heavy atom. The molecule has 3 aliphatic rings. The Morgan fingerprint density at radius 1 is 1.06 bits per heavy atom. The summed E-state index contributed by atoms with van der Waals surface area (Å²) >= 11 is 1.48. The van der Waals surface area contributed by atoms with E-state index in [1.54, 1.807) is 0 Å². The van der Waals surface area contributed by atoms with Crippen LogP contribution in [0.4, 0.5) is 24.5 Å². The van der Waals surface area contributed by atoms with Crippen LogP contribution in [0.3, 0.4) is 0 Å². The van der Waals surface area contributed by atoms with Crippen molar-refractivity contribution < 1.29 is 13.2 Å². The number of likely N-dealkylation sites (tertiary alicyclic amines) is 1. The summed E-state index contributed by atoms with van der Waals surface area (Å²) in [7, 11) is 0. The first kappa shape index (κ1) is 23.8. The first-order valence-electron chi connectivity index (χ1n) is 12.3. The largest absolute Gasteiger partial charge is 0.416 e. The zero-order valence-corrected chi connectivity index (χ0v) is 20.4. The lowest BCUT2D eigenvalue weighted by Crippen LogP contribution is -2.41. The van der Waals surface area contributed by atoms with Gasteiger partial charge in [-0.05, 0) is 68.0 Å². The van der Waals surface area contributed by atoms with Crippen molar-refractivity contribution in [2.24, 2.45) is 5.73 Å². The second-order valence-electron chi connectivity index (χ2n) is 9.80. The van der Waals surface area contributed by atoms with Crippen molar-refractivity contribution in [3.8, 4) is 0 Å². The molecule has 0 amide bonds. The van der Waals surface area contributed by atoms with Gasteiger partial charge in [0.1, 0.15) is 0 Å². The van der Waals surface area contributed by atoms with Gasteiger partial charge in [0.15, 0.2) is 0 Å². The number of benzene rings is 2. The molecule has 0 spiro atoms. The summed E-state index contributed by atoms with van der Waals surface area (Å²) in [6.07, 6.45) is 0.466. The number of nitrogens with zero attached hydrogens (tertiary/aromatic N) is 2. The van der Waals surface area contributed by atoms with E-state index in [1.165, 1.54) is 48.0 Å². The highest BCUT2D eigenvalue weighted by molar-refractivity contribution is 7.99. The van der Waals surface area contributed by atoms with Crippen LogP contribution >= 0.6 is 11.8 Å². The van der Waals surface area contributed by atoms with Crippen molar-refractivity contribution in [1.29, 1.82) is 0 Å². The summed E-state index contributed by atoms with van der Waals surface area (Å²) in [5.74, 6) is 0. The molecule has 184 valence electrons. The Labute approximate surface area is 204 Å². The Bertz CT molecular complexity index is 1030. The zero-order valence-electron chi connectivity index (χ0n) is 19.6. The fourth-order valence-electron chi connectivity index (χ4n) is 5.50. The maximum absolute atomic E-state index is 13.8. The highest BCUT2D eigenvalue weighted by atomic mass is 32.2. The maximum Gasteiger partial charge on any atom is 0.416 e. The van der Waals surface area contributed by atoms with Gasteiger partial charge in [0.05, 0.1) is 5.56 Å². The third kappa shape index (κ3) is 4.90. The molecule has 1 unspecified atom stereocenters. The number of nitrogens with one attached hydrogen (secondary N) is 1. The molecule has 0 saturated carbocycles. The summed E-state index contributed by atoms with van der Waals surface area (Å²) in [6.45, 7) is 6.63. The highest BCUT2D eigenvalue weighted by Crippen LogP contribution is 2.47. The van der Waals surface area contributed by atoms with Crippen molar-refractivity contribution in [3.05, 3.63) is 47.0 Å². The molecule has 2 fully saturated rings. The van der Waals surface area contributed by atoms with Crippen LogP contribution in [0.15, 0.2) is 40.1 Å². The number of anilines is 2. The lowest BCUT2D eigenvalue weighted by molar-refractivity contribution is -0.137. The van der Waals surface area contributed by atoms with E-state index in [9.17, 15) is 13.2 Å². The van der Waals surface area contributed by atoms with Gasteiger partial charge in [0.2, 0.25) is 0 Å². The number of hydrogen-bond donors (Lipinski definition) is 2. The smallest absolute Gasteiger partial charge is 0.382 e. The molecule has 4 nitrogen and oxygen atoms in total. The second kappa shape index (κ2) is 9.63. The van der Waals surface area contributed by atoms with E-state index >= 15 is 0 Å². The molecule has 2 saturated heterocycles. The number of piperidine rings is 1. The van der Waals surface area contributed by atoms with Gasteiger partial charge in [-0.3, -0.25) is 0 Å². The number of rotatable bonds is 5. The predicted molar refractivity (Wildman–Crippen MR) is 133 cm³/mol. The third-order valence-corrected chi connectivity index (χ3v) is 8.64. The van der Waals surface area contributed by atoms with Crippen molar-refractivity contribution in [3.63, 3.8) is 0 Å². The fourth-order valence-corrected chi connectivity index (χ4v) is 6.68. The van der Waals surface area contributed by atoms with E-state index in [0.29, 0.717) is 24.7 Å². The molecule has 8 heteroatoms. The molecule has 1 atom stereocenters. The fraction of sp³-hybridized carbons (Fsp3) is 0.538. The van der Waals surface area contributed by atoms with Gasteiger partial charge in [-0.1, -0.05) is 17.8 Å². The molecule has 5 rings (SSSR count). The topological polar surface area (TPSA) is 44.5 Å². The quantitative estimate of drug-likeness (QED) is 0.489. The van der Waals surface area contributed by atoms with Crippen LogP contribution in [-0.4, -0.2) is 49.7 Å². The van der Waals surface area contributed by atoms with E-state index in [-0.39, 0.29) is 6.04 Å². The SMILES string of the molecule is CC1CCCN1c1ccc2c(c1)Sc1cc(C(F)(F)F)cc(NC3CCN(CCN)CC3)c1C2. The summed E-state index contributed by atoms with van der Waals surface area (Å²) in [6, 6.07) is 9.84. The molecule has 0 aliphatic carbocycles. The van der Waals surface area contributed by atoms with Gasteiger partial charge >= 0.3 is 6.18 Å². The van der Waals surface area contributed by atoms with Gasteiger partial charge in [-0.2, -0.15) is 13.2 Å². The van der Waals surface area contributed by atoms with Gasteiger partial charge in [-0.25, -0.2) is 0 Å². The predicted octanol–water partition coefficient (Wildman–Crippen LogP) is 5.58. The third-order valence-electron chi connectivity index (χ3n) is 7.45. The van der Waals surface area contributed by atoms with Crippen LogP contribution in [0.2, 0.25) is 0 Å². The molecular formula is C26H33F3N4S. The second-order valence-corrected chi connectivity index (χ2v) is 10.9. The molecule has 0 radical (unpaired) electrons. The standard InChI is InChI=1S/C26H33F3N4S/c1-17-3-2-9-33(17)21-5-4-18-13-22-23(31-20-6-10-32(11-7-20)12-8-30)14-19(26(27,28)29)15-25(22)34-24(18)16-21/h4-5,14-17,20,31H,2-3,6-13,30H2,1H3. The Hall–Kier alpha value is -1.90. The van der Waals surface area contributed by atoms with Crippen molar-refractivity contribution in [1.82, 2.24) is 4.90 Å². The van der Waals surface area contributed by atoms with Gasteiger partial charge in [0.25, 0.3) is 0 Å². The minimum atomic E-state index is -4.37. The van der Waals surface area contributed by atoms with Gasteiger partial charge < -0.3 is 20.9 Å². The monoisotopic (exact) mass is 490 g/mol. The Balaban J connectivity index is 1.42. The first-order chi connectivity index (χ1) is 16.3. The summed E-state index contributed by atoms with van der Waals surface area (Å²) < 4.78 is 41.4. The first-order valence-corrected chi connectivity index (χ1v) is 13.1. The number of alkyl halides is 3. The molecule has 3 aliphatic heterocycles. The maximum atomic E-state index is 13.8. The average molecular weight is 491 g/mol. The molecule has 2 aromatic rings. The van der Waals surface area contributed by atoms with Gasteiger partial charge in [0, 0.05) is 72.4 Å².